The molecule has 2 aromatic heterocycles. The van der Waals surface area contributed by atoms with E-state index in [0.717, 1.165) is 5.56 Å². The Balaban J connectivity index is 1.70. The molecule has 0 spiro atoms. The van der Waals surface area contributed by atoms with Gasteiger partial charge in [-0.2, -0.15) is 10.1 Å². The van der Waals surface area contributed by atoms with Crippen molar-refractivity contribution in [2.24, 2.45) is 0 Å². The summed E-state index contributed by atoms with van der Waals surface area (Å²) < 4.78 is 6.94. The van der Waals surface area contributed by atoms with Gasteiger partial charge in [0.2, 0.25) is 0 Å². The number of halogens is 1. The molecule has 24 heavy (non-hydrogen) atoms. The largest absolute Gasteiger partial charge is 0.342 e. The first-order chi connectivity index (χ1) is 11.6. The Kier molecular flexibility index (Phi) is 4.61. The minimum atomic E-state index is -0.396. The van der Waals surface area contributed by atoms with Crippen molar-refractivity contribution in [2.45, 2.75) is 26.4 Å². The Morgan fingerprint density at radius 3 is 2.79 bits per heavy atom. The molecule has 0 aliphatic carbocycles. The number of hydrogen-bond acceptors (Lipinski definition) is 5. The van der Waals surface area contributed by atoms with Crippen LogP contribution in [0.4, 0.5) is 0 Å². The van der Waals surface area contributed by atoms with Crippen LogP contribution in [0.15, 0.2) is 41.2 Å². The molecule has 0 aliphatic heterocycles. The smallest absolute Gasteiger partial charge is 0.257 e. The highest BCUT2D eigenvalue weighted by atomic mass is 35.5. The quantitative estimate of drug-likeness (QED) is 0.767. The summed E-state index contributed by atoms with van der Waals surface area (Å²) in [6, 6.07) is 6.69. The first-order valence-electron chi connectivity index (χ1n) is 7.49. The molecule has 1 atom stereocenters. The molecule has 0 bridgehead atoms. The summed E-state index contributed by atoms with van der Waals surface area (Å²) in [5.41, 5.74) is 1.26. The van der Waals surface area contributed by atoms with Gasteiger partial charge in [0.05, 0.1) is 17.8 Å². The second kappa shape index (κ2) is 6.84. The maximum atomic E-state index is 12.2. The van der Waals surface area contributed by atoms with Gasteiger partial charge in [-0.15, -0.1) is 0 Å². The highest BCUT2D eigenvalue weighted by molar-refractivity contribution is 6.30. The fourth-order valence-corrected chi connectivity index (χ4v) is 2.24. The second-order valence-electron chi connectivity index (χ2n) is 5.24. The SMILES string of the molecule is CCn1cc(C(=O)NC(C)c2noc(-c3ccc(Cl)cc3)n2)cn1. The van der Waals surface area contributed by atoms with E-state index >= 15 is 0 Å². The van der Waals surface area contributed by atoms with E-state index in [0.29, 0.717) is 28.8 Å². The topological polar surface area (TPSA) is 85.8 Å². The number of carbonyl (C=O) groups excluding carboxylic acids is 1. The van der Waals surface area contributed by atoms with Crippen molar-refractivity contribution in [2.75, 3.05) is 0 Å². The summed E-state index contributed by atoms with van der Waals surface area (Å²) in [5.74, 6) is 0.540. The average Bonchev–Trinajstić information content (AvgIpc) is 3.25. The van der Waals surface area contributed by atoms with E-state index in [2.05, 4.69) is 20.6 Å². The standard InChI is InChI=1S/C16H16ClN5O2/c1-3-22-9-12(8-18-22)15(23)19-10(2)14-20-16(24-21-14)11-4-6-13(17)7-5-11/h4-10H,3H2,1-2H3,(H,19,23). The minimum absolute atomic E-state index is 0.236. The van der Waals surface area contributed by atoms with Crippen LogP contribution in [0.25, 0.3) is 11.5 Å². The van der Waals surface area contributed by atoms with E-state index < -0.39 is 6.04 Å². The second-order valence-corrected chi connectivity index (χ2v) is 5.68. The molecule has 1 amide bonds. The molecule has 0 radical (unpaired) electrons. The van der Waals surface area contributed by atoms with Gasteiger partial charge in [-0.05, 0) is 38.1 Å². The van der Waals surface area contributed by atoms with Crippen molar-refractivity contribution in [3.8, 4) is 11.5 Å². The zero-order valence-corrected chi connectivity index (χ0v) is 14.0. The van der Waals surface area contributed by atoms with E-state index in [4.69, 9.17) is 16.1 Å². The van der Waals surface area contributed by atoms with Gasteiger partial charge in [0.25, 0.3) is 11.8 Å². The van der Waals surface area contributed by atoms with E-state index in [1.165, 1.54) is 6.20 Å². The van der Waals surface area contributed by atoms with Gasteiger partial charge in [-0.3, -0.25) is 9.48 Å². The normalized spacial score (nSPS) is 12.1. The zero-order valence-electron chi connectivity index (χ0n) is 13.2. The van der Waals surface area contributed by atoms with Crippen LogP contribution in [-0.2, 0) is 6.54 Å². The highest BCUT2D eigenvalue weighted by Crippen LogP contribution is 2.21. The molecule has 2 heterocycles. The predicted octanol–water partition coefficient (Wildman–Crippen LogP) is 3.10. The Labute approximate surface area is 143 Å². The minimum Gasteiger partial charge on any atom is -0.342 e. The molecule has 0 fully saturated rings. The Bertz CT molecular complexity index is 840. The number of aryl methyl sites for hydroxylation is 1. The average molecular weight is 346 g/mol. The molecule has 1 unspecified atom stereocenters. The van der Waals surface area contributed by atoms with E-state index in [1.54, 1.807) is 42.1 Å². The van der Waals surface area contributed by atoms with E-state index in [1.807, 2.05) is 6.92 Å². The molecule has 0 saturated carbocycles. The Morgan fingerprint density at radius 1 is 1.38 bits per heavy atom. The number of aromatic nitrogens is 4. The van der Waals surface area contributed by atoms with Crippen molar-refractivity contribution in [3.05, 3.63) is 53.1 Å². The number of rotatable bonds is 5. The molecule has 1 aromatic carbocycles. The van der Waals surface area contributed by atoms with Crippen LogP contribution >= 0.6 is 11.6 Å². The first kappa shape index (κ1) is 16.2. The van der Waals surface area contributed by atoms with Gasteiger partial charge in [0, 0.05) is 23.3 Å². The molecule has 8 heteroatoms. The molecule has 0 saturated heterocycles. The number of amides is 1. The van der Waals surface area contributed by atoms with Crippen LogP contribution < -0.4 is 5.32 Å². The number of nitrogens with zero attached hydrogens (tertiary/aromatic N) is 4. The third-order valence-corrected chi connectivity index (χ3v) is 3.74. The van der Waals surface area contributed by atoms with Crippen LogP contribution in [0.2, 0.25) is 5.02 Å². The first-order valence-corrected chi connectivity index (χ1v) is 7.87. The van der Waals surface area contributed by atoms with Gasteiger partial charge >= 0.3 is 0 Å². The van der Waals surface area contributed by atoms with Crippen LogP contribution in [0.1, 0.15) is 36.1 Å². The van der Waals surface area contributed by atoms with Gasteiger partial charge in [-0.1, -0.05) is 16.8 Å². The van der Waals surface area contributed by atoms with Crippen molar-refractivity contribution < 1.29 is 9.32 Å². The number of hydrogen-bond donors (Lipinski definition) is 1. The molecule has 124 valence electrons. The molecule has 3 aromatic rings. The predicted molar refractivity (Wildman–Crippen MR) is 88.5 cm³/mol. The van der Waals surface area contributed by atoms with Crippen molar-refractivity contribution in [3.63, 3.8) is 0 Å². The number of nitrogens with one attached hydrogen (secondary N) is 1. The van der Waals surface area contributed by atoms with Gasteiger partial charge < -0.3 is 9.84 Å². The molecular formula is C16H16ClN5O2. The monoisotopic (exact) mass is 345 g/mol. The van der Waals surface area contributed by atoms with Gasteiger partial charge in [-0.25, -0.2) is 0 Å². The third-order valence-electron chi connectivity index (χ3n) is 3.49. The lowest BCUT2D eigenvalue weighted by molar-refractivity contribution is 0.0938. The van der Waals surface area contributed by atoms with Crippen molar-refractivity contribution in [1.29, 1.82) is 0 Å². The molecule has 3 rings (SSSR count). The fourth-order valence-electron chi connectivity index (χ4n) is 2.12. The summed E-state index contributed by atoms with van der Waals surface area (Å²) in [4.78, 5) is 16.5. The number of benzene rings is 1. The fraction of sp³-hybridized carbons (Fsp3) is 0.250. The van der Waals surface area contributed by atoms with Crippen LogP contribution in [0, 0.1) is 0 Å². The number of carbonyl (C=O) groups is 1. The summed E-state index contributed by atoms with van der Waals surface area (Å²) in [5, 5.41) is 11.5. The van der Waals surface area contributed by atoms with Crippen molar-refractivity contribution >= 4 is 17.5 Å². The molecule has 0 aliphatic rings. The lowest BCUT2D eigenvalue weighted by atomic mass is 10.2. The molecular weight excluding hydrogens is 330 g/mol. The maximum Gasteiger partial charge on any atom is 0.257 e. The van der Waals surface area contributed by atoms with Crippen molar-refractivity contribution in [1.82, 2.24) is 25.2 Å². The highest BCUT2D eigenvalue weighted by Gasteiger charge is 2.18. The Hall–Kier alpha value is -2.67. The van der Waals surface area contributed by atoms with E-state index in [-0.39, 0.29) is 5.91 Å². The third kappa shape index (κ3) is 3.46. The zero-order chi connectivity index (χ0) is 17.1. The maximum absolute atomic E-state index is 12.2. The lowest BCUT2D eigenvalue weighted by Crippen LogP contribution is -2.27. The summed E-state index contributed by atoms with van der Waals surface area (Å²) >= 11 is 5.86. The Morgan fingerprint density at radius 2 is 2.12 bits per heavy atom. The van der Waals surface area contributed by atoms with Crippen LogP contribution in [0.5, 0.6) is 0 Å². The molecule has 1 N–H and O–H groups in total. The molecule has 7 nitrogen and oxygen atoms in total. The van der Waals surface area contributed by atoms with Gasteiger partial charge in [0.1, 0.15) is 0 Å². The summed E-state index contributed by atoms with van der Waals surface area (Å²) in [7, 11) is 0. The van der Waals surface area contributed by atoms with Crippen LogP contribution in [0.3, 0.4) is 0 Å². The van der Waals surface area contributed by atoms with Crippen LogP contribution in [-0.4, -0.2) is 25.8 Å². The lowest BCUT2D eigenvalue weighted by Gasteiger charge is -2.08. The summed E-state index contributed by atoms with van der Waals surface area (Å²) in [6.07, 6.45) is 3.22. The van der Waals surface area contributed by atoms with Gasteiger partial charge in [0.15, 0.2) is 5.82 Å². The summed E-state index contributed by atoms with van der Waals surface area (Å²) in [6.45, 7) is 4.45. The van der Waals surface area contributed by atoms with E-state index in [9.17, 15) is 4.79 Å².